The Balaban J connectivity index is 2.23. The van der Waals surface area contributed by atoms with Crippen molar-refractivity contribution in [2.45, 2.75) is 6.92 Å². The zero-order chi connectivity index (χ0) is 15.9. The molecule has 1 aliphatic rings. The first-order valence-electron chi connectivity index (χ1n) is 6.77. The van der Waals surface area contributed by atoms with Gasteiger partial charge in [-0.15, -0.1) is 0 Å². The van der Waals surface area contributed by atoms with E-state index in [0.29, 0.717) is 12.4 Å². The summed E-state index contributed by atoms with van der Waals surface area (Å²) in [5, 5.41) is 9.03. The zero-order valence-corrected chi connectivity index (χ0v) is 11.8. The number of carbonyl (C=O) groups is 3. The van der Waals surface area contributed by atoms with Crippen molar-refractivity contribution in [3.05, 3.63) is 64.2 Å². The lowest BCUT2D eigenvalue weighted by Crippen LogP contribution is -2.22. The second-order valence-electron chi connectivity index (χ2n) is 4.84. The van der Waals surface area contributed by atoms with Crippen molar-refractivity contribution in [3.8, 4) is 5.75 Å². The number of rotatable bonds is 3. The Morgan fingerprint density at radius 2 is 1.82 bits per heavy atom. The van der Waals surface area contributed by atoms with Gasteiger partial charge in [0.25, 0.3) is 0 Å². The van der Waals surface area contributed by atoms with Gasteiger partial charge in [0, 0.05) is 16.7 Å². The number of carboxylic acids is 1. The Labute approximate surface area is 126 Å². The molecule has 0 spiro atoms. The van der Waals surface area contributed by atoms with Crippen LogP contribution in [0.3, 0.4) is 0 Å². The molecule has 0 heterocycles. The van der Waals surface area contributed by atoms with E-state index >= 15 is 0 Å². The van der Waals surface area contributed by atoms with E-state index in [1.54, 1.807) is 25.1 Å². The summed E-state index contributed by atoms with van der Waals surface area (Å²) in [6, 6.07) is 8.78. The topological polar surface area (TPSA) is 80.7 Å². The van der Waals surface area contributed by atoms with Crippen LogP contribution in [-0.4, -0.2) is 29.2 Å². The number of hydrogen-bond acceptors (Lipinski definition) is 4. The third kappa shape index (κ3) is 1.98. The van der Waals surface area contributed by atoms with E-state index in [-0.39, 0.29) is 39.4 Å². The van der Waals surface area contributed by atoms with Crippen molar-refractivity contribution in [2.75, 3.05) is 6.61 Å². The molecule has 22 heavy (non-hydrogen) atoms. The first-order valence-corrected chi connectivity index (χ1v) is 6.77. The van der Waals surface area contributed by atoms with Crippen LogP contribution in [0.1, 0.15) is 49.1 Å². The molecule has 2 aromatic carbocycles. The predicted molar refractivity (Wildman–Crippen MR) is 77.9 cm³/mol. The Bertz CT molecular complexity index is 820. The smallest absolute Gasteiger partial charge is 0.335 e. The highest BCUT2D eigenvalue weighted by Crippen LogP contribution is 2.33. The van der Waals surface area contributed by atoms with Gasteiger partial charge in [-0.2, -0.15) is 0 Å². The van der Waals surface area contributed by atoms with Crippen molar-refractivity contribution >= 4 is 17.5 Å². The summed E-state index contributed by atoms with van der Waals surface area (Å²) in [4.78, 5) is 36.3. The number of aromatic carboxylic acids is 1. The average Bonchev–Trinajstić information content (AvgIpc) is 2.52. The minimum absolute atomic E-state index is 0.0238. The molecular weight excluding hydrogens is 284 g/mol. The van der Waals surface area contributed by atoms with E-state index in [0.717, 1.165) is 0 Å². The molecule has 2 aromatic rings. The van der Waals surface area contributed by atoms with Gasteiger partial charge in [0.15, 0.2) is 11.6 Å². The molecule has 0 fully saturated rings. The summed E-state index contributed by atoms with van der Waals surface area (Å²) < 4.78 is 5.43. The van der Waals surface area contributed by atoms with E-state index in [1.807, 2.05) is 0 Å². The molecule has 1 aliphatic carbocycles. The lowest BCUT2D eigenvalue weighted by molar-refractivity contribution is 0.0696. The molecule has 5 nitrogen and oxygen atoms in total. The molecule has 3 rings (SSSR count). The zero-order valence-electron chi connectivity index (χ0n) is 11.8. The van der Waals surface area contributed by atoms with Gasteiger partial charge >= 0.3 is 5.97 Å². The predicted octanol–water partition coefficient (Wildman–Crippen LogP) is 2.56. The lowest BCUT2D eigenvalue weighted by Gasteiger charge is -2.20. The number of benzene rings is 2. The van der Waals surface area contributed by atoms with Crippen LogP contribution in [0.25, 0.3) is 0 Å². The first kappa shape index (κ1) is 14.0. The molecule has 0 aliphatic heterocycles. The molecule has 0 aromatic heterocycles. The number of hydrogen-bond donors (Lipinski definition) is 1. The van der Waals surface area contributed by atoms with E-state index in [9.17, 15) is 14.4 Å². The average molecular weight is 296 g/mol. The van der Waals surface area contributed by atoms with Gasteiger partial charge in [0.05, 0.1) is 17.7 Å². The maximum absolute atomic E-state index is 12.7. The number of ether oxygens (including phenoxy) is 1. The van der Waals surface area contributed by atoms with Gasteiger partial charge < -0.3 is 9.84 Å². The quantitative estimate of drug-likeness (QED) is 0.803. The molecule has 0 radical (unpaired) electrons. The first-order chi connectivity index (χ1) is 10.5. The Morgan fingerprint density at radius 3 is 2.50 bits per heavy atom. The van der Waals surface area contributed by atoms with Crippen LogP contribution in [0.15, 0.2) is 36.4 Å². The molecule has 0 saturated heterocycles. The standard InChI is InChI=1S/C17H12O5/c1-2-22-13-5-3-4-11-14(13)16(19)10-7-6-9(17(20)21)8-12(10)15(11)18/h3-8H,2H2,1H3,(H,20,21). The fraction of sp³-hybridized carbons (Fsp3) is 0.118. The number of ketones is 2. The van der Waals surface area contributed by atoms with E-state index in [4.69, 9.17) is 9.84 Å². The maximum atomic E-state index is 12.7. The highest BCUT2D eigenvalue weighted by Gasteiger charge is 2.32. The van der Waals surface area contributed by atoms with Crippen LogP contribution in [0.4, 0.5) is 0 Å². The SMILES string of the molecule is CCOc1cccc2c1C(=O)c1ccc(C(=O)O)cc1C2=O. The van der Waals surface area contributed by atoms with Gasteiger partial charge in [-0.05, 0) is 31.2 Å². The molecule has 1 N–H and O–H groups in total. The molecule has 110 valence electrons. The third-order valence-electron chi connectivity index (χ3n) is 3.55. The van der Waals surface area contributed by atoms with Gasteiger partial charge in [0.2, 0.25) is 0 Å². The number of carboxylic acid groups (broad SMARTS) is 1. The molecular formula is C17H12O5. The summed E-state index contributed by atoms with van der Waals surface area (Å²) in [6.45, 7) is 2.17. The van der Waals surface area contributed by atoms with Gasteiger partial charge in [-0.3, -0.25) is 9.59 Å². The van der Waals surface area contributed by atoms with Crippen LogP contribution in [0, 0.1) is 0 Å². The van der Waals surface area contributed by atoms with Crippen LogP contribution < -0.4 is 4.74 Å². The third-order valence-corrected chi connectivity index (χ3v) is 3.55. The fourth-order valence-corrected chi connectivity index (χ4v) is 2.57. The second kappa shape index (κ2) is 5.11. The minimum atomic E-state index is -1.14. The molecule has 5 heteroatoms. The number of carbonyl (C=O) groups excluding carboxylic acids is 2. The van der Waals surface area contributed by atoms with E-state index in [1.165, 1.54) is 18.2 Å². The van der Waals surface area contributed by atoms with Gasteiger partial charge in [-0.25, -0.2) is 4.79 Å². The molecule has 0 unspecified atom stereocenters. The normalized spacial score (nSPS) is 12.6. The number of fused-ring (bicyclic) bond motifs is 2. The van der Waals surface area contributed by atoms with Crippen LogP contribution in [-0.2, 0) is 0 Å². The van der Waals surface area contributed by atoms with Gasteiger partial charge in [-0.1, -0.05) is 12.1 Å². The van der Waals surface area contributed by atoms with E-state index in [2.05, 4.69) is 0 Å². The summed E-state index contributed by atoms with van der Waals surface area (Å²) >= 11 is 0. The Kier molecular flexibility index (Phi) is 3.25. The van der Waals surface area contributed by atoms with Crippen LogP contribution in [0.2, 0.25) is 0 Å². The minimum Gasteiger partial charge on any atom is -0.493 e. The van der Waals surface area contributed by atoms with Crippen LogP contribution >= 0.6 is 0 Å². The largest absolute Gasteiger partial charge is 0.493 e. The van der Waals surface area contributed by atoms with Crippen molar-refractivity contribution < 1.29 is 24.2 Å². The molecule has 0 bridgehead atoms. The van der Waals surface area contributed by atoms with Crippen molar-refractivity contribution in [2.24, 2.45) is 0 Å². The summed E-state index contributed by atoms with van der Waals surface area (Å²) in [6.07, 6.45) is 0. The molecule has 0 amide bonds. The van der Waals surface area contributed by atoms with Crippen molar-refractivity contribution in [3.63, 3.8) is 0 Å². The summed E-state index contributed by atoms with van der Waals surface area (Å²) in [7, 11) is 0. The van der Waals surface area contributed by atoms with Crippen LogP contribution in [0.5, 0.6) is 5.75 Å². The van der Waals surface area contributed by atoms with Crippen molar-refractivity contribution in [1.82, 2.24) is 0 Å². The lowest BCUT2D eigenvalue weighted by atomic mass is 9.83. The highest BCUT2D eigenvalue weighted by molar-refractivity contribution is 6.29. The maximum Gasteiger partial charge on any atom is 0.335 e. The summed E-state index contributed by atoms with van der Waals surface area (Å²) in [5.41, 5.74) is 0.779. The second-order valence-corrected chi connectivity index (χ2v) is 4.84. The van der Waals surface area contributed by atoms with E-state index < -0.39 is 5.97 Å². The Morgan fingerprint density at radius 1 is 1.05 bits per heavy atom. The molecule has 0 atom stereocenters. The fourth-order valence-electron chi connectivity index (χ4n) is 2.57. The highest BCUT2D eigenvalue weighted by atomic mass is 16.5. The molecule has 0 saturated carbocycles. The van der Waals surface area contributed by atoms with Gasteiger partial charge in [0.1, 0.15) is 5.75 Å². The van der Waals surface area contributed by atoms with Crippen molar-refractivity contribution in [1.29, 1.82) is 0 Å². The Hall–Kier alpha value is -2.95. The summed E-state index contributed by atoms with van der Waals surface area (Å²) in [5.74, 6) is -1.47. The monoisotopic (exact) mass is 296 g/mol.